The molecule has 0 unspecified atom stereocenters. The molecule has 3 rings (SSSR count). The molecule has 0 saturated carbocycles. The van der Waals surface area contributed by atoms with Crippen LogP contribution in [0, 0.1) is 12.7 Å². The Morgan fingerprint density at radius 3 is 2.34 bits per heavy atom. The summed E-state index contributed by atoms with van der Waals surface area (Å²) in [5.41, 5.74) is 3.00. The number of aryl methyl sites for hydroxylation is 1. The van der Waals surface area contributed by atoms with Crippen molar-refractivity contribution in [2.24, 2.45) is 0 Å². The lowest BCUT2D eigenvalue weighted by atomic mass is 10.00. The Hall–Kier alpha value is -3.18. The van der Waals surface area contributed by atoms with E-state index >= 15 is 0 Å². The smallest absolute Gasteiger partial charge is 0.243 e. The van der Waals surface area contributed by atoms with Crippen LogP contribution < -0.4 is 5.32 Å². The van der Waals surface area contributed by atoms with Crippen molar-refractivity contribution in [3.05, 3.63) is 106 Å². The highest BCUT2D eigenvalue weighted by atomic mass is 35.5. The van der Waals surface area contributed by atoms with Crippen LogP contribution in [0.3, 0.4) is 0 Å². The molecule has 3 aromatic rings. The number of nitrogens with zero attached hydrogens (tertiary/aromatic N) is 1. The SMILES string of the molecule is CC[C@@H](C)NC(=O)[C@@H](Cc1ccccc1)N(Cc1ccccc1C)C(=O)Cc1c(F)cccc1Cl. The van der Waals surface area contributed by atoms with Gasteiger partial charge in [-0.25, -0.2) is 4.39 Å². The van der Waals surface area contributed by atoms with Crippen LogP contribution in [0.15, 0.2) is 72.8 Å². The van der Waals surface area contributed by atoms with Crippen molar-refractivity contribution in [2.75, 3.05) is 0 Å². The number of carbonyl (C=O) groups is 2. The van der Waals surface area contributed by atoms with Crippen LogP contribution >= 0.6 is 11.6 Å². The van der Waals surface area contributed by atoms with Crippen LogP contribution in [0.4, 0.5) is 4.39 Å². The van der Waals surface area contributed by atoms with E-state index in [0.29, 0.717) is 6.42 Å². The molecule has 0 aliphatic carbocycles. The van der Waals surface area contributed by atoms with Gasteiger partial charge in [0.1, 0.15) is 11.9 Å². The molecule has 0 bridgehead atoms. The van der Waals surface area contributed by atoms with Gasteiger partial charge >= 0.3 is 0 Å². The lowest BCUT2D eigenvalue weighted by molar-refractivity contribution is -0.141. The first-order valence-electron chi connectivity index (χ1n) is 11.9. The monoisotopic (exact) mass is 494 g/mol. The van der Waals surface area contributed by atoms with Crippen molar-refractivity contribution in [3.8, 4) is 0 Å². The van der Waals surface area contributed by atoms with Crippen LogP contribution in [-0.2, 0) is 29.0 Å². The van der Waals surface area contributed by atoms with Crippen molar-refractivity contribution in [2.45, 2.75) is 58.7 Å². The van der Waals surface area contributed by atoms with Crippen LogP contribution in [0.5, 0.6) is 0 Å². The first kappa shape index (κ1) is 26.4. The van der Waals surface area contributed by atoms with Gasteiger partial charge in [0.15, 0.2) is 0 Å². The second kappa shape index (κ2) is 12.5. The summed E-state index contributed by atoms with van der Waals surface area (Å²) in [6, 6.07) is 20.9. The summed E-state index contributed by atoms with van der Waals surface area (Å²) in [6.45, 7) is 6.12. The molecule has 2 amide bonds. The second-order valence-corrected chi connectivity index (χ2v) is 9.26. The summed E-state index contributed by atoms with van der Waals surface area (Å²) < 4.78 is 14.6. The molecule has 184 valence electrons. The molecule has 6 heteroatoms. The molecule has 2 atom stereocenters. The van der Waals surface area contributed by atoms with Crippen LogP contribution in [0.25, 0.3) is 0 Å². The fourth-order valence-electron chi connectivity index (χ4n) is 3.92. The number of amides is 2. The molecule has 0 saturated heterocycles. The standard InChI is InChI=1S/C29H32ClFN2O2/c1-4-21(3)32-29(35)27(17-22-12-6-5-7-13-22)33(19-23-14-9-8-11-20(23)2)28(34)18-24-25(30)15-10-16-26(24)31/h5-16,21,27H,4,17-19H2,1-3H3,(H,32,35)/t21-,27-/m1/s1. The Bertz CT molecular complexity index is 1130. The predicted octanol–water partition coefficient (Wildman–Crippen LogP) is 5.88. The van der Waals surface area contributed by atoms with Crippen molar-refractivity contribution >= 4 is 23.4 Å². The minimum Gasteiger partial charge on any atom is -0.352 e. The molecule has 0 fully saturated rings. The zero-order valence-electron chi connectivity index (χ0n) is 20.4. The molecule has 0 radical (unpaired) electrons. The third-order valence-electron chi connectivity index (χ3n) is 6.26. The largest absolute Gasteiger partial charge is 0.352 e. The number of halogens is 2. The van der Waals surface area contributed by atoms with E-state index in [-0.39, 0.29) is 41.4 Å². The van der Waals surface area contributed by atoms with Crippen LogP contribution in [0.1, 0.15) is 42.5 Å². The number of benzene rings is 3. The van der Waals surface area contributed by atoms with Crippen molar-refractivity contribution < 1.29 is 14.0 Å². The van der Waals surface area contributed by atoms with E-state index in [0.717, 1.165) is 23.1 Å². The minimum absolute atomic E-state index is 0.0443. The Morgan fingerprint density at radius 1 is 1.00 bits per heavy atom. The molecule has 0 spiro atoms. The van der Waals surface area contributed by atoms with Gasteiger partial charge in [0.25, 0.3) is 0 Å². The molecule has 0 aromatic heterocycles. The molecule has 35 heavy (non-hydrogen) atoms. The average molecular weight is 495 g/mol. The van der Waals surface area contributed by atoms with Gasteiger partial charge in [-0.2, -0.15) is 0 Å². The Balaban J connectivity index is 2.02. The van der Waals surface area contributed by atoms with Gasteiger partial charge in [-0.1, -0.05) is 79.2 Å². The third-order valence-corrected chi connectivity index (χ3v) is 6.62. The number of hydrogen-bond acceptors (Lipinski definition) is 2. The quantitative estimate of drug-likeness (QED) is 0.382. The van der Waals surface area contributed by atoms with E-state index in [1.807, 2.05) is 75.4 Å². The van der Waals surface area contributed by atoms with Gasteiger partial charge in [0.05, 0.1) is 6.42 Å². The summed E-state index contributed by atoms with van der Waals surface area (Å²) in [4.78, 5) is 28.8. The zero-order chi connectivity index (χ0) is 25.4. The lowest BCUT2D eigenvalue weighted by Crippen LogP contribution is -2.52. The van der Waals surface area contributed by atoms with E-state index in [1.54, 1.807) is 11.0 Å². The second-order valence-electron chi connectivity index (χ2n) is 8.85. The number of hydrogen-bond donors (Lipinski definition) is 1. The predicted molar refractivity (Wildman–Crippen MR) is 139 cm³/mol. The van der Waals surface area contributed by atoms with Gasteiger partial charge < -0.3 is 10.2 Å². The molecule has 4 nitrogen and oxygen atoms in total. The van der Waals surface area contributed by atoms with Crippen molar-refractivity contribution in [1.82, 2.24) is 10.2 Å². The van der Waals surface area contributed by atoms with Crippen LogP contribution in [0.2, 0.25) is 5.02 Å². The lowest BCUT2D eigenvalue weighted by Gasteiger charge is -2.33. The van der Waals surface area contributed by atoms with E-state index in [1.165, 1.54) is 12.1 Å². The molecule has 0 aliphatic rings. The van der Waals surface area contributed by atoms with E-state index in [9.17, 15) is 14.0 Å². The Kier molecular flexibility index (Phi) is 9.44. The zero-order valence-corrected chi connectivity index (χ0v) is 21.2. The highest BCUT2D eigenvalue weighted by molar-refractivity contribution is 6.31. The summed E-state index contributed by atoms with van der Waals surface area (Å²) in [5, 5.41) is 3.23. The highest BCUT2D eigenvalue weighted by Crippen LogP contribution is 2.23. The molecule has 0 aliphatic heterocycles. The van der Waals surface area contributed by atoms with E-state index < -0.39 is 11.9 Å². The average Bonchev–Trinajstić information content (AvgIpc) is 2.85. The van der Waals surface area contributed by atoms with Crippen LogP contribution in [-0.4, -0.2) is 28.8 Å². The highest BCUT2D eigenvalue weighted by Gasteiger charge is 2.32. The minimum atomic E-state index is -0.774. The molecule has 3 aromatic carbocycles. The molecular formula is C29H32ClFN2O2. The fraction of sp³-hybridized carbons (Fsp3) is 0.310. The maximum atomic E-state index is 14.6. The van der Waals surface area contributed by atoms with E-state index in [4.69, 9.17) is 11.6 Å². The Labute approximate surface area is 212 Å². The fourth-order valence-corrected chi connectivity index (χ4v) is 4.15. The summed E-state index contributed by atoms with van der Waals surface area (Å²) in [5.74, 6) is -1.13. The van der Waals surface area contributed by atoms with Gasteiger partial charge in [0, 0.05) is 29.6 Å². The summed E-state index contributed by atoms with van der Waals surface area (Å²) in [7, 11) is 0. The van der Waals surface area contributed by atoms with E-state index in [2.05, 4.69) is 5.32 Å². The maximum absolute atomic E-state index is 14.6. The Morgan fingerprint density at radius 2 is 1.69 bits per heavy atom. The number of nitrogens with one attached hydrogen (secondary N) is 1. The van der Waals surface area contributed by atoms with Crippen molar-refractivity contribution in [1.29, 1.82) is 0 Å². The van der Waals surface area contributed by atoms with Gasteiger partial charge in [-0.05, 0) is 49.1 Å². The number of carbonyl (C=O) groups excluding carboxylic acids is 2. The molecule has 1 N–H and O–H groups in total. The van der Waals surface area contributed by atoms with Gasteiger partial charge in [-0.15, -0.1) is 0 Å². The van der Waals surface area contributed by atoms with Crippen molar-refractivity contribution in [3.63, 3.8) is 0 Å². The van der Waals surface area contributed by atoms with Gasteiger partial charge in [0.2, 0.25) is 11.8 Å². The first-order chi connectivity index (χ1) is 16.8. The summed E-state index contributed by atoms with van der Waals surface area (Å²) >= 11 is 6.23. The third kappa shape index (κ3) is 7.15. The molecule has 0 heterocycles. The number of rotatable bonds is 10. The molecular weight excluding hydrogens is 463 g/mol. The summed E-state index contributed by atoms with van der Waals surface area (Å²) in [6.07, 6.45) is 0.866. The van der Waals surface area contributed by atoms with Gasteiger partial charge in [-0.3, -0.25) is 9.59 Å². The first-order valence-corrected chi connectivity index (χ1v) is 12.3. The topological polar surface area (TPSA) is 49.4 Å². The normalized spacial score (nSPS) is 12.6. The maximum Gasteiger partial charge on any atom is 0.243 e.